The van der Waals surface area contributed by atoms with Crippen molar-refractivity contribution in [2.75, 3.05) is 0 Å². The van der Waals surface area contributed by atoms with Gasteiger partial charge in [0.1, 0.15) is 12.2 Å². The fourth-order valence-electron chi connectivity index (χ4n) is 5.21. The van der Waals surface area contributed by atoms with E-state index in [9.17, 15) is 30.0 Å². The molecule has 1 fully saturated rings. The van der Waals surface area contributed by atoms with Crippen LogP contribution in [0.15, 0.2) is 47.6 Å². The summed E-state index contributed by atoms with van der Waals surface area (Å²) < 4.78 is 11.3. The lowest BCUT2D eigenvalue weighted by Gasteiger charge is -2.29. The predicted molar refractivity (Wildman–Crippen MR) is 154 cm³/mol. The molecule has 0 radical (unpaired) electrons. The van der Waals surface area contributed by atoms with E-state index in [4.69, 9.17) is 9.47 Å². The van der Waals surface area contributed by atoms with Gasteiger partial charge in [-0.3, -0.25) is 4.79 Å². The minimum absolute atomic E-state index is 0.100. The van der Waals surface area contributed by atoms with E-state index < -0.39 is 54.1 Å². The van der Waals surface area contributed by atoms with E-state index in [2.05, 4.69) is 25.7 Å². The molecule has 0 aromatic rings. The fraction of sp³-hybridized carbons (Fsp3) is 0.688. The molecule has 226 valence electrons. The van der Waals surface area contributed by atoms with E-state index in [1.54, 1.807) is 34.6 Å². The minimum atomic E-state index is -1.71. The maximum Gasteiger partial charge on any atom is 0.333 e. The molecular weight excluding hydrogens is 522 g/mol. The van der Waals surface area contributed by atoms with Crippen molar-refractivity contribution in [3.63, 3.8) is 0 Å². The van der Waals surface area contributed by atoms with Gasteiger partial charge in [-0.25, -0.2) is 4.79 Å². The Bertz CT molecular complexity index is 977. The molecule has 9 atom stereocenters. The average molecular weight is 573 g/mol. The topological polar surface area (TPSA) is 137 Å². The fourth-order valence-corrected chi connectivity index (χ4v) is 5.21. The van der Waals surface area contributed by atoms with Gasteiger partial charge in [-0.2, -0.15) is 0 Å². The first kappa shape index (κ1) is 34.1. The molecular formula is C32H50O8. The number of esters is 1. The number of hydrogen-bond donors (Lipinski definition) is 4. The van der Waals surface area contributed by atoms with Crippen molar-refractivity contribution in [3.05, 3.63) is 47.6 Å². The summed E-state index contributed by atoms with van der Waals surface area (Å²) in [6.07, 6.45) is 5.95. The Morgan fingerprint density at radius 3 is 2.38 bits per heavy atom. The van der Waals surface area contributed by atoms with Crippen LogP contribution >= 0.6 is 0 Å². The van der Waals surface area contributed by atoms with Gasteiger partial charge in [0.2, 0.25) is 0 Å². The first-order valence-corrected chi connectivity index (χ1v) is 14.5. The zero-order valence-corrected chi connectivity index (χ0v) is 25.0. The highest BCUT2D eigenvalue weighted by Gasteiger charge is 2.37. The maximum atomic E-state index is 12.6. The third-order valence-corrected chi connectivity index (χ3v) is 7.89. The molecule has 9 unspecified atom stereocenters. The van der Waals surface area contributed by atoms with Gasteiger partial charge in [0, 0.05) is 18.4 Å². The van der Waals surface area contributed by atoms with Gasteiger partial charge < -0.3 is 29.9 Å². The quantitative estimate of drug-likeness (QED) is 0.147. The van der Waals surface area contributed by atoms with Crippen LogP contribution in [0.2, 0.25) is 0 Å². The zero-order valence-electron chi connectivity index (χ0n) is 25.0. The number of ketones is 1. The highest BCUT2D eigenvalue weighted by atomic mass is 16.7. The Labute approximate surface area is 239 Å². The summed E-state index contributed by atoms with van der Waals surface area (Å²) in [7, 11) is 0. The summed E-state index contributed by atoms with van der Waals surface area (Å²) in [4.78, 5) is 25.1. The lowest BCUT2D eigenvalue weighted by Crippen LogP contribution is -2.41. The Hall–Kier alpha value is -2.10. The molecule has 0 saturated carbocycles. The van der Waals surface area contributed by atoms with Crippen LogP contribution in [0.3, 0.4) is 0 Å². The second kappa shape index (κ2) is 15.2. The van der Waals surface area contributed by atoms with Crippen LogP contribution in [0.1, 0.15) is 86.5 Å². The molecule has 40 heavy (non-hydrogen) atoms. The molecule has 8 nitrogen and oxygen atoms in total. The Morgan fingerprint density at radius 2 is 1.70 bits per heavy atom. The molecule has 2 heterocycles. The van der Waals surface area contributed by atoms with Crippen molar-refractivity contribution in [2.24, 2.45) is 11.8 Å². The number of aliphatic hydroxyl groups is 4. The van der Waals surface area contributed by atoms with Gasteiger partial charge in [-0.15, -0.1) is 0 Å². The molecule has 0 aromatic heterocycles. The molecule has 0 bridgehead atoms. The maximum absolute atomic E-state index is 12.6. The standard InChI is InChI=1S/C32H50O8/c1-19-13-20(2)15-28-27(40-28)12-10-8-9-11-21(3)31(37)39-24(6)16-22(4)29(35)30(36)26(34)17-25(33)18-32(7,38)23(5)14-19/h10-12,14,20,22,24-25,27-30,33,35-36,38H,1,8-9,13,15-18H2,2-7H3/b12-10+,21-11+,23-14+/i8+1,11+1,12+1,19+1,20+1,22+1,24+1,25+1,28+1,32+1. The number of cyclic esters (lactones) is 1. The van der Waals surface area contributed by atoms with Crippen LogP contribution in [-0.2, 0) is 19.1 Å². The minimum Gasteiger partial charge on any atom is -0.459 e. The van der Waals surface area contributed by atoms with E-state index in [0.29, 0.717) is 23.5 Å². The van der Waals surface area contributed by atoms with Gasteiger partial charge in [0.15, 0.2) is 5.78 Å². The number of carbonyl (C=O) groups is 2. The van der Waals surface area contributed by atoms with E-state index in [0.717, 1.165) is 24.8 Å². The monoisotopic (exact) mass is 572 g/mol. The van der Waals surface area contributed by atoms with Gasteiger partial charge in [-0.1, -0.05) is 50.3 Å². The first-order chi connectivity index (χ1) is 18.6. The van der Waals surface area contributed by atoms with Crippen LogP contribution in [0.25, 0.3) is 0 Å². The summed E-state index contributed by atoms with van der Waals surface area (Å²) >= 11 is 0. The number of hydrogen-bond acceptors (Lipinski definition) is 8. The summed E-state index contributed by atoms with van der Waals surface area (Å²) in [5, 5.41) is 42.6. The number of Topliss-reactive ketones (excluding diaryl/α,β-unsaturated/α-hetero) is 1. The lowest BCUT2D eigenvalue weighted by atomic mass is 10.1. The number of ether oxygens (including phenoxy) is 2. The van der Waals surface area contributed by atoms with Gasteiger partial charge >= 0.3 is 5.97 Å². The number of allylic oxidation sites excluding steroid dienone is 4. The Morgan fingerprint density at radius 1 is 1.02 bits per heavy atom. The Balaban J connectivity index is 2.15. The number of carbonyl (C=O) groups excluding carboxylic acids is 2. The molecule has 0 aromatic carbocycles. The van der Waals surface area contributed by atoms with Crippen LogP contribution in [0, 0.1) is 11.8 Å². The molecule has 0 amide bonds. The lowest BCUT2D eigenvalue weighted by molar-refractivity contribution is -0.146. The SMILES string of the molecule is C=[13C]1/C=C(\C)[13C](C)(O)C[13CH](O)CC(=O)C(O)C(O)[13CH](C)C[13CH](C)OC(=O)/C(C)=[13CH]/C[13CH2]/C=[13CH]/C2O[13CH]2C[13CH](C)C1. The molecule has 8 heteroatoms. The van der Waals surface area contributed by atoms with Crippen molar-refractivity contribution in [1.29, 1.82) is 0 Å². The van der Waals surface area contributed by atoms with Crippen molar-refractivity contribution < 1.29 is 39.5 Å². The van der Waals surface area contributed by atoms with Crippen molar-refractivity contribution in [2.45, 2.75) is 129 Å². The highest BCUT2D eigenvalue weighted by molar-refractivity contribution is 5.87. The summed E-state index contributed by atoms with van der Waals surface area (Å²) in [6.45, 7) is 14.7. The molecule has 4 N–H and O–H groups in total. The predicted octanol–water partition coefficient (Wildman–Crippen LogP) is 4.11. The third-order valence-electron chi connectivity index (χ3n) is 7.89. The second-order valence-electron chi connectivity index (χ2n) is 12.2. The van der Waals surface area contributed by atoms with Crippen molar-refractivity contribution in [1.82, 2.24) is 0 Å². The first-order valence-electron chi connectivity index (χ1n) is 14.5. The largest absolute Gasteiger partial charge is 0.459 e. The summed E-state index contributed by atoms with van der Waals surface area (Å²) in [5.41, 5.74) is 0.569. The normalized spacial score (nSPS) is 42.0. The third kappa shape index (κ3) is 11.1. The second-order valence-corrected chi connectivity index (χ2v) is 12.2. The summed E-state index contributed by atoms with van der Waals surface area (Å²) in [5.74, 6) is -1.40. The van der Waals surface area contributed by atoms with Crippen molar-refractivity contribution >= 4 is 11.8 Å². The smallest absolute Gasteiger partial charge is 0.333 e. The van der Waals surface area contributed by atoms with Gasteiger partial charge in [-0.05, 0) is 77.2 Å². The van der Waals surface area contributed by atoms with E-state index in [1.807, 2.05) is 12.2 Å². The van der Waals surface area contributed by atoms with Crippen LogP contribution in [0.4, 0.5) is 0 Å². The Kier molecular flexibility index (Phi) is 13.0. The van der Waals surface area contributed by atoms with E-state index in [-0.39, 0.29) is 25.0 Å². The number of aliphatic hydroxyl groups excluding tert-OH is 3. The van der Waals surface area contributed by atoms with E-state index >= 15 is 0 Å². The van der Waals surface area contributed by atoms with Crippen LogP contribution in [0.5, 0.6) is 0 Å². The zero-order chi connectivity index (χ0) is 30.2. The van der Waals surface area contributed by atoms with Crippen LogP contribution in [-0.4, -0.2) is 74.4 Å². The van der Waals surface area contributed by atoms with Gasteiger partial charge in [0.25, 0.3) is 0 Å². The van der Waals surface area contributed by atoms with E-state index in [1.165, 1.54) is 0 Å². The molecule has 0 spiro atoms. The summed E-state index contributed by atoms with van der Waals surface area (Å²) in [6, 6.07) is 0. The van der Waals surface area contributed by atoms with Gasteiger partial charge in [0.05, 0.1) is 30.0 Å². The molecule has 1 saturated heterocycles. The molecule has 2 aliphatic rings. The average Bonchev–Trinajstić information content (AvgIpc) is 3.58. The van der Waals surface area contributed by atoms with Crippen molar-refractivity contribution in [3.8, 4) is 0 Å². The number of fused-ring (bicyclic) bond motifs is 1. The number of rotatable bonds is 0. The number of epoxide rings is 1. The molecule has 2 rings (SSSR count). The molecule has 2 aliphatic heterocycles. The molecule has 0 aliphatic carbocycles. The highest BCUT2D eigenvalue weighted by Crippen LogP contribution is 2.33. The van der Waals surface area contributed by atoms with Crippen LogP contribution < -0.4 is 0 Å².